The Morgan fingerprint density at radius 3 is 2.68 bits per heavy atom. The number of carbonyl (C=O) groups excluding carboxylic acids is 1. The Morgan fingerprint density at radius 1 is 1.26 bits per heavy atom. The van der Waals surface area contributed by atoms with Crippen molar-refractivity contribution in [2.24, 2.45) is 0 Å². The van der Waals surface area contributed by atoms with Crippen LogP contribution in [0.15, 0.2) is 6.20 Å². The molecule has 0 unspecified atom stereocenters. The minimum absolute atomic E-state index is 0.125. The molecule has 1 aliphatic heterocycles. The highest BCUT2D eigenvalue weighted by Crippen LogP contribution is 2.10. The van der Waals surface area contributed by atoms with E-state index in [0.29, 0.717) is 12.8 Å². The number of rotatable bonds is 5. The Hall–Kier alpha value is -1.43. The van der Waals surface area contributed by atoms with Gasteiger partial charge in [-0.15, -0.1) is 5.10 Å². The third kappa shape index (κ3) is 4.31. The van der Waals surface area contributed by atoms with E-state index < -0.39 is 0 Å². The number of amides is 1. The van der Waals surface area contributed by atoms with Crippen LogP contribution in [0.5, 0.6) is 0 Å². The average Bonchev–Trinajstić information content (AvgIpc) is 2.68. The van der Waals surface area contributed by atoms with E-state index in [1.165, 1.54) is 12.8 Å². The predicted molar refractivity (Wildman–Crippen MR) is 70.5 cm³/mol. The number of aryl methyl sites for hydroxylation is 1. The molecule has 0 aromatic carbocycles. The SMILES string of the molecule is O=C(Cn1cc(CCCO)nn1)N1CCCCCC1. The van der Waals surface area contributed by atoms with E-state index in [0.717, 1.165) is 31.6 Å². The summed E-state index contributed by atoms with van der Waals surface area (Å²) in [4.78, 5) is 14.1. The third-order valence-corrected chi connectivity index (χ3v) is 3.43. The topological polar surface area (TPSA) is 71.2 Å². The van der Waals surface area contributed by atoms with E-state index in [1.54, 1.807) is 10.9 Å². The van der Waals surface area contributed by atoms with Gasteiger partial charge < -0.3 is 10.0 Å². The zero-order valence-electron chi connectivity index (χ0n) is 11.3. The standard InChI is InChI=1S/C13H22N4O2/c18-9-5-6-12-10-17(15-14-12)11-13(19)16-7-3-1-2-4-8-16/h10,18H,1-9,11H2. The molecule has 1 aromatic rings. The lowest BCUT2D eigenvalue weighted by Crippen LogP contribution is -2.34. The summed E-state index contributed by atoms with van der Waals surface area (Å²) >= 11 is 0. The Bertz CT molecular complexity index is 397. The lowest BCUT2D eigenvalue weighted by Gasteiger charge is -2.19. The highest BCUT2D eigenvalue weighted by Gasteiger charge is 2.16. The Morgan fingerprint density at radius 2 is 2.00 bits per heavy atom. The molecule has 1 aliphatic rings. The Kier molecular flexibility index (Phi) is 5.32. The fourth-order valence-electron chi connectivity index (χ4n) is 2.35. The molecule has 1 fully saturated rings. The molecular weight excluding hydrogens is 244 g/mol. The maximum atomic E-state index is 12.1. The molecule has 0 atom stereocenters. The highest BCUT2D eigenvalue weighted by molar-refractivity contribution is 5.75. The molecule has 106 valence electrons. The van der Waals surface area contributed by atoms with Crippen molar-refractivity contribution in [1.82, 2.24) is 19.9 Å². The van der Waals surface area contributed by atoms with Gasteiger partial charge in [0, 0.05) is 25.9 Å². The molecule has 1 aromatic heterocycles. The monoisotopic (exact) mass is 266 g/mol. The zero-order valence-corrected chi connectivity index (χ0v) is 11.3. The number of aliphatic hydroxyl groups is 1. The van der Waals surface area contributed by atoms with Gasteiger partial charge in [-0.1, -0.05) is 18.1 Å². The van der Waals surface area contributed by atoms with E-state index in [2.05, 4.69) is 10.3 Å². The van der Waals surface area contributed by atoms with Gasteiger partial charge in [0.15, 0.2) is 0 Å². The molecule has 2 heterocycles. The molecule has 6 heteroatoms. The number of hydrogen-bond acceptors (Lipinski definition) is 4. The number of aromatic nitrogens is 3. The number of likely N-dealkylation sites (tertiary alicyclic amines) is 1. The number of carbonyl (C=O) groups is 1. The van der Waals surface area contributed by atoms with Gasteiger partial charge in [0.05, 0.1) is 5.69 Å². The second-order valence-corrected chi connectivity index (χ2v) is 5.03. The largest absolute Gasteiger partial charge is 0.396 e. The lowest BCUT2D eigenvalue weighted by atomic mass is 10.2. The van der Waals surface area contributed by atoms with Crippen molar-refractivity contribution in [3.05, 3.63) is 11.9 Å². The summed E-state index contributed by atoms with van der Waals surface area (Å²) in [6.45, 7) is 2.15. The second-order valence-electron chi connectivity index (χ2n) is 5.03. The molecule has 1 saturated heterocycles. The summed E-state index contributed by atoms with van der Waals surface area (Å²) in [5.41, 5.74) is 0.831. The maximum Gasteiger partial charge on any atom is 0.244 e. The van der Waals surface area contributed by atoms with Crippen molar-refractivity contribution in [1.29, 1.82) is 0 Å². The van der Waals surface area contributed by atoms with Gasteiger partial charge in [0.1, 0.15) is 6.54 Å². The minimum Gasteiger partial charge on any atom is -0.396 e. The van der Waals surface area contributed by atoms with Crippen LogP contribution in [-0.2, 0) is 17.8 Å². The van der Waals surface area contributed by atoms with Crippen LogP contribution in [0.4, 0.5) is 0 Å². The maximum absolute atomic E-state index is 12.1. The average molecular weight is 266 g/mol. The van der Waals surface area contributed by atoms with Crippen LogP contribution in [0.3, 0.4) is 0 Å². The molecule has 0 spiro atoms. The summed E-state index contributed by atoms with van der Waals surface area (Å²) < 4.78 is 1.60. The van der Waals surface area contributed by atoms with Gasteiger partial charge in [-0.2, -0.15) is 0 Å². The van der Waals surface area contributed by atoms with Crippen LogP contribution < -0.4 is 0 Å². The summed E-state index contributed by atoms with van der Waals surface area (Å²) in [5, 5.41) is 16.7. The van der Waals surface area contributed by atoms with Crippen molar-refractivity contribution in [2.45, 2.75) is 45.1 Å². The fraction of sp³-hybridized carbons (Fsp3) is 0.769. The van der Waals surface area contributed by atoms with Gasteiger partial charge >= 0.3 is 0 Å². The Balaban J connectivity index is 1.85. The van der Waals surface area contributed by atoms with Crippen LogP contribution in [0, 0.1) is 0 Å². The van der Waals surface area contributed by atoms with E-state index in [9.17, 15) is 4.79 Å². The molecule has 1 N–H and O–H groups in total. The smallest absolute Gasteiger partial charge is 0.244 e. The van der Waals surface area contributed by atoms with Crippen molar-refractivity contribution >= 4 is 5.91 Å². The number of nitrogens with zero attached hydrogens (tertiary/aromatic N) is 4. The predicted octanol–water partition coefficient (Wildman–Crippen LogP) is 0.606. The van der Waals surface area contributed by atoms with Gasteiger partial charge in [-0.25, -0.2) is 4.68 Å². The number of hydrogen-bond donors (Lipinski definition) is 1. The van der Waals surface area contributed by atoms with Crippen LogP contribution in [0.25, 0.3) is 0 Å². The van der Waals surface area contributed by atoms with Crippen LogP contribution in [0.2, 0.25) is 0 Å². The minimum atomic E-state index is 0.125. The van der Waals surface area contributed by atoms with Crippen LogP contribution in [0.1, 0.15) is 37.8 Å². The van der Waals surface area contributed by atoms with Crippen molar-refractivity contribution in [2.75, 3.05) is 19.7 Å². The first-order valence-electron chi connectivity index (χ1n) is 7.07. The molecule has 2 rings (SSSR count). The van der Waals surface area contributed by atoms with Gasteiger partial charge in [0.25, 0.3) is 0 Å². The highest BCUT2D eigenvalue weighted by atomic mass is 16.2. The molecule has 0 saturated carbocycles. The zero-order chi connectivity index (χ0) is 13.5. The van der Waals surface area contributed by atoms with E-state index in [-0.39, 0.29) is 19.1 Å². The molecule has 0 aliphatic carbocycles. The second kappa shape index (κ2) is 7.23. The van der Waals surface area contributed by atoms with E-state index in [1.807, 2.05) is 4.90 Å². The van der Waals surface area contributed by atoms with Crippen molar-refractivity contribution < 1.29 is 9.90 Å². The molecule has 1 amide bonds. The first-order chi connectivity index (χ1) is 9.29. The molecule has 19 heavy (non-hydrogen) atoms. The first-order valence-corrected chi connectivity index (χ1v) is 7.07. The first kappa shape index (κ1) is 14.0. The lowest BCUT2D eigenvalue weighted by molar-refractivity contribution is -0.132. The summed E-state index contributed by atoms with van der Waals surface area (Å²) in [5.74, 6) is 0.125. The van der Waals surface area contributed by atoms with E-state index in [4.69, 9.17) is 5.11 Å². The molecule has 6 nitrogen and oxygen atoms in total. The molecule has 0 bridgehead atoms. The Labute approximate surface area is 113 Å². The molecular formula is C13H22N4O2. The van der Waals surface area contributed by atoms with Gasteiger partial charge in [-0.05, 0) is 25.7 Å². The summed E-state index contributed by atoms with van der Waals surface area (Å²) in [7, 11) is 0. The van der Waals surface area contributed by atoms with Crippen LogP contribution in [-0.4, -0.2) is 50.6 Å². The third-order valence-electron chi connectivity index (χ3n) is 3.43. The fourth-order valence-corrected chi connectivity index (χ4v) is 2.35. The summed E-state index contributed by atoms with van der Waals surface area (Å²) in [6, 6.07) is 0. The van der Waals surface area contributed by atoms with E-state index >= 15 is 0 Å². The summed E-state index contributed by atoms with van der Waals surface area (Å²) in [6.07, 6.45) is 7.82. The normalized spacial score (nSPS) is 16.4. The van der Waals surface area contributed by atoms with Gasteiger partial charge in [0.2, 0.25) is 5.91 Å². The van der Waals surface area contributed by atoms with Gasteiger partial charge in [-0.3, -0.25) is 4.79 Å². The number of aliphatic hydroxyl groups excluding tert-OH is 1. The van der Waals surface area contributed by atoms with Crippen molar-refractivity contribution in [3.8, 4) is 0 Å². The van der Waals surface area contributed by atoms with Crippen LogP contribution >= 0.6 is 0 Å². The quantitative estimate of drug-likeness (QED) is 0.847. The molecule has 0 radical (unpaired) electrons. The van der Waals surface area contributed by atoms with Crippen molar-refractivity contribution in [3.63, 3.8) is 0 Å².